The second kappa shape index (κ2) is 8.87. The first-order chi connectivity index (χ1) is 17.2. The Kier molecular flexibility index (Phi) is 5.84. The van der Waals surface area contributed by atoms with Gasteiger partial charge in [0.05, 0.1) is 28.8 Å². The number of benzene rings is 2. The molecule has 1 fully saturated rings. The van der Waals surface area contributed by atoms with Gasteiger partial charge in [0.25, 0.3) is 0 Å². The summed E-state index contributed by atoms with van der Waals surface area (Å²) in [6, 6.07) is 7.48. The summed E-state index contributed by atoms with van der Waals surface area (Å²) in [5.74, 6) is -1.17. The van der Waals surface area contributed by atoms with Gasteiger partial charge >= 0.3 is 6.01 Å². The van der Waals surface area contributed by atoms with Crippen LogP contribution in [-0.4, -0.2) is 46.6 Å². The first kappa shape index (κ1) is 23.7. The minimum Gasteiger partial charge on any atom is -0.471 e. The number of hydrogen-bond donors (Lipinski definition) is 1. The largest absolute Gasteiger partial charge is 0.471 e. The minimum atomic E-state index is -0.704. The van der Waals surface area contributed by atoms with Crippen LogP contribution in [0.15, 0.2) is 24.3 Å². The first-order valence-electron chi connectivity index (χ1n) is 11.1. The highest BCUT2D eigenvalue weighted by molar-refractivity contribution is 7.23. The molecule has 8 nitrogen and oxygen atoms in total. The number of nitriles is 1. The molecular weight excluding hydrogens is 488 g/mol. The molecule has 4 aromatic rings. The Labute approximate surface area is 208 Å². The fraction of sp³-hybridized carbons (Fsp3) is 0.280. The number of nitrogens with zero attached hydrogens (tertiary/aromatic N) is 4. The van der Waals surface area contributed by atoms with E-state index in [0.29, 0.717) is 23.9 Å². The Morgan fingerprint density at radius 1 is 1.25 bits per heavy atom. The molecule has 0 saturated carbocycles. The number of amides is 1. The van der Waals surface area contributed by atoms with Gasteiger partial charge in [-0.05, 0) is 24.6 Å². The van der Waals surface area contributed by atoms with E-state index in [0.717, 1.165) is 11.3 Å². The summed E-state index contributed by atoms with van der Waals surface area (Å²) in [7, 11) is 1.36. The highest BCUT2D eigenvalue weighted by Crippen LogP contribution is 2.43. The van der Waals surface area contributed by atoms with Gasteiger partial charge < -0.3 is 20.1 Å². The molecule has 0 radical (unpaired) electrons. The lowest BCUT2D eigenvalue weighted by Crippen LogP contribution is -2.38. The molecule has 11 heteroatoms. The molecule has 1 aliphatic rings. The van der Waals surface area contributed by atoms with E-state index in [1.165, 1.54) is 32.2 Å². The van der Waals surface area contributed by atoms with Gasteiger partial charge in [0, 0.05) is 30.8 Å². The minimum absolute atomic E-state index is 0.0502. The van der Waals surface area contributed by atoms with Gasteiger partial charge in [0.15, 0.2) is 5.82 Å². The van der Waals surface area contributed by atoms with Crippen LogP contribution >= 0.6 is 11.3 Å². The lowest BCUT2D eigenvalue weighted by molar-refractivity contribution is -0.129. The molecule has 0 spiro atoms. The number of nitrogens with two attached hydrogens (primary N) is 1. The summed E-state index contributed by atoms with van der Waals surface area (Å²) < 4.78 is 42.0. The Hall–Kier alpha value is -4.04. The number of fused-ring (bicyclic) bond motifs is 2. The average molecular weight is 510 g/mol. The zero-order chi connectivity index (χ0) is 25.7. The van der Waals surface area contributed by atoms with E-state index in [-0.39, 0.29) is 61.7 Å². The monoisotopic (exact) mass is 509 g/mol. The van der Waals surface area contributed by atoms with Gasteiger partial charge in [-0.15, -0.1) is 11.3 Å². The smallest absolute Gasteiger partial charge is 0.320 e. The number of anilines is 1. The molecule has 184 valence electrons. The van der Waals surface area contributed by atoms with E-state index >= 15 is 4.39 Å². The molecule has 1 amide bonds. The quantitative estimate of drug-likeness (QED) is 0.426. The van der Waals surface area contributed by atoms with Crippen molar-refractivity contribution in [3.05, 3.63) is 41.5 Å². The number of aromatic nitrogens is 2. The van der Waals surface area contributed by atoms with Crippen LogP contribution in [0.1, 0.15) is 25.8 Å². The van der Waals surface area contributed by atoms with Crippen LogP contribution in [0.25, 0.3) is 32.1 Å². The molecule has 5 rings (SSSR count). The summed E-state index contributed by atoms with van der Waals surface area (Å²) in [6.45, 7) is 3.94. The number of ether oxygens (including phenoxy) is 2. The van der Waals surface area contributed by atoms with E-state index in [2.05, 4.69) is 9.97 Å². The number of halogens is 2. The van der Waals surface area contributed by atoms with Crippen molar-refractivity contribution < 1.29 is 23.0 Å². The number of methoxy groups -OCH3 is 1. The number of carbonyl (C=O) groups is 1. The van der Waals surface area contributed by atoms with Crippen molar-refractivity contribution >= 4 is 43.2 Å². The Morgan fingerprint density at radius 3 is 2.67 bits per heavy atom. The van der Waals surface area contributed by atoms with Crippen molar-refractivity contribution in [3.8, 4) is 29.1 Å². The number of likely N-dealkylation sites (tertiary alicyclic amines) is 1. The highest BCUT2D eigenvalue weighted by atomic mass is 32.1. The van der Waals surface area contributed by atoms with Crippen molar-refractivity contribution in [2.24, 2.45) is 0 Å². The van der Waals surface area contributed by atoms with Gasteiger partial charge in [-0.2, -0.15) is 15.2 Å². The van der Waals surface area contributed by atoms with Crippen LogP contribution in [0.2, 0.25) is 0 Å². The Bertz CT molecular complexity index is 1580. The maximum atomic E-state index is 16.0. The molecule has 2 aromatic heterocycles. The molecule has 2 N–H and O–H groups in total. The molecule has 2 aromatic carbocycles. The van der Waals surface area contributed by atoms with Crippen molar-refractivity contribution in [3.63, 3.8) is 0 Å². The average Bonchev–Trinajstić information content (AvgIpc) is 3.39. The molecule has 2 unspecified atom stereocenters. The molecule has 1 aliphatic heterocycles. The lowest BCUT2D eigenvalue weighted by Gasteiger charge is -2.24. The topological polar surface area (TPSA) is 114 Å². The maximum absolute atomic E-state index is 16.0. The Morgan fingerprint density at radius 2 is 2.00 bits per heavy atom. The van der Waals surface area contributed by atoms with Crippen molar-refractivity contribution in [2.45, 2.75) is 32.4 Å². The number of thiophene rings is 1. The molecule has 2 atom stereocenters. The predicted octanol–water partition coefficient (Wildman–Crippen LogP) is 4.64. The normalized spacial score (nSPS) is 17.5. The zero-order valence-electron chi connectivity index (χ0n) is 19.6. The van der Waals surface area contributed by atoms with E-state index < -0.39 is 11.6 Å². The number of rotatable bonds is 4. The number of hydrogen-bond acceptors (Lipinski definition) is 8. The third-order valence-corrected chi connectivity index (χ3v) is 7.53. The third kappa shape index (κ3) is 3.65. The van der Waals surface area contributed by atoms with E-state index in [9.17, 15) is 14.4 Å². The predicted molar refractivity (Wildman–Crippen MR) is 132 cm³/mol. The molecule has 1 saturated heterocycles. The molecular formula is C25H21F2N5O3S. The van der Waals surface area contributed by atoms with Crippen LogP contribution in [0, 0.1) is 23.0 Å². The molecule has 0 bridgehead atoms. The summed E-state index contributed by atoms with van der Waals surface area (Å²) in [5.41, 5.74) is 6.42. The van der Waals surface area contributed by atoms with Crippen LogP contribution in [0.4, 0.5) is 13.8 Å². The van der Waals surface area contributed by atoms with Gasteiger partial charge in [-0.25, -0.2) is 8.78 Å². The Balaban J connectivity index is 1.66. The van der Waals surface area contributed by atoms with Crippen LogP contribution in [-0.2, 0) is 4.79 Å². The van der Waals surface area contributed by atoms with Gasteiger partial charge in [0.2, 0.25) is 11.8 Å². The van der Waals surface area contributed by atoms with Gasteiger partial charge in [-0.1, -0.05) is 12.1 Å². The second-order valence-corrected chi connectivity index (χ2v) is 9.54. The third-order valence-electron chi connectivity index (χ3n) is 6.51. The molecule has 0 aliphatic carbocycles. The fourth-order valence-corrected chi connectivity index (χ4v) is 5.63. The van der Waals surface area contributed by atoms with Crippen molar-refractivity contribution in [1.29, 1.82) is 5.26 Å². The number of nitrogen functional groups attached to an aromatic ring is 1. The SMILES string of the molecule is COc1nc(OC2CCN(C(C)=O)C2C)c2ccc(-c3ccc(F)c4sc(N)c(C#N)c34)c(F)c2n1. The fourth-order valence-electron chi connectivity index (χ4n) is 4.69. The molecule has 36 heavy (non-hydrogen) atoms. The first-order valence-corrected chi connectivity index (χ1v) is 12.0. The zero-order valence-corrected chi connectivity index (χ0v) is 20.4. The van der Waals surface area contributed by atoms with E-state index in [4.69, 9.17) is 15.2 Å². The summed E-state index contributed by atoms with van der Waals surface area (Å²) in [4.78, 5) is 22.1. The number of carbonyl (C=O) groups excluding carboxylic acids is 1. The summed E-state index contributed by atoms with van der Waals surface area (Å²) in [5, 5.41) is 10.3. The van der Waals surface area contributed by atoms with E-state index in [1.807, 2.05) is 13.0 Å². The highest BCUT2D eigenvalue weighted by Gasteiger charge is 2.35. The van der Waals surface area contributed by atoms with E-state index in [1.54, 1.807) is 11.0 Å². The van der Waals surface area contributed by atoms with Gasteiger partial charge in [0.1, 0.15) is 28.5 Å². The van der Waals surface area contributed by atoms with Gasteiger partial charge in [-0.3, -0.25) is 4.79 Å². The van der Waals surface area contributed by atoms with Crippen LogP contribution in [0.5, 0.6) is 11.9 Å². The standard InChI is InChI=1S/C25H21F2N5O3S/c1-11-18(8-9-32(11)12(2)33)35-24-15-5-4-14(20(27)21(15)30-25(31-24)34-3)13-6-7-17(26)22-19(13)16(10-28)23(29)36-22/h4-7,11,18H,8-9,29H2,1-3H3. The van der Waals surface area contributed by atoms with Crippen molar-refractivity contribution in [1.82, 2.24) is 14.9 Å². The summed E-state index contributed by atoms with van der Waals surface area (Å²) >= 11 is 0.941. The second-order valence-electron chi connectivity index (χ2n) is 8.49. The van der Waals surface area contributed by atoms with Crippen LogP contribution < -0.4 is 15.2 Å². The van der Waals surface area contributed by atoms with Crippen molar-refractivity contribution in [2.75, 3.05) is 19.4 Å². The lowest BCUT2D eigenvalue weighted by atomic mass is 9.97. The molecule has 3 heterocycles. The maximum Gasteiger partial charge on any atom is 0.320 e. The van der Waals surface area contributed by atoms with Crippen LogP contribution in [0.3, 0.4) is 0 Å². The summed E-state index contributed by atoms with van der Waals surface area (Å²) in [6.07, 6.45) is 0.252.